The molecule has 0 aliphatic carbocycles. The molecule has 4 nitrogen and oxygen atoms in total. The number of hydrogen-bond donors (Lipinski definition) is 2. The first kappa shape index (κ1) is 20.0. The van der Waals surface area contributed by atoms with Crippen molar-refractivity contribution in [1.82, 2.24) is 10.2 Å². The number of piperidine rings is 2. The Morgan fingerprint density at radius 1 is 1.20 bits per heavy atom. The van der Waals surface area contributed by atoms with Gasteiger partial charge in [-0.2, -0.15) is 0 Å². The van der Waals surface area contributed by atoms with Gasteiger partial charge in [0.25, 0.3) is 0 Å². The molecule has 4 atom stereocenters. The van der Waals surface area contributed by atoms with E-state index in [-0.39, 0.29) is 42.7 Å². The molecule has 0 spiro atoms. The highest BCUT2D eigenvalue weighted by Crippen LogP contribution is 2.32. The van der Waals surface area contributed by atoms with E-state index in [2.05, 4.69) is 17.3 Å². The molecule has 2 saturated heterocycles. The highest BCUT2D eigenvalue weighted by Gasteiger charge is 2.36. The van der Waals surface area contributed by atoms with Crippen LogP contribution in [0.5, 0.6) is 0 Å². The zero-order chi connectivity index (χ0) is 13.3. The van der Waals surface area contributed by atoms with Gasteiger partial charge in [0.15, 0.2) is 0 Å². The van der Waals surface area contributed by atoms with Crippen LogP contribution in [0.1, 0.15) is 46.0 Å². The quantitative estimate of drug-likeness (QED) is 0.833. The van der Waals surface area contributed by atoms with E-state index in [1.54, 1.807) is 0 Å². The number of rotatable bonds is 3. The second-order valence-corrected chi connectivity index (χ2v) is 6.23. The molecule has 6 heteroatoms. The molecular formula is C14H29Cl2N3O. The largest absolute Gasteiger partial charge is 0.353 e. The van der Waals surface area contributed by atoms with Crippen molar-refractivity contribution in [2.45, 2.75) is 70.1 Å². The molecule has 120 valence electrons. The highest BCUT2D eigenvalue weighted by atomic mass is 35.5. The third-order valence-electron chi connectivity index (χ3n) is 4.89. The summed E-state index contributed by atoms with van der Waals surface area (Å²) < 4.78 is 0. The third kappa shape index (κ3) is 4.48. The predicted molar refractivity (Wildman–Crippen MR) is 87.7 cm³/mol. The van der Waals surface area contributed by atoms with Gasteiger partial charge in [-0.15, -0.1) is 24.8 Å². The molecule has 0 radical (unpaired) electrons. The molecule has 2 fully saturated rings. The van der Waals surface area contributed by atoms with Crippen molar-refractivity contribution in [3.05, 3.63) is 0 Å². The SMILES string of the molecule is CC(N)C(C)C(=O)NC1CC2CCCC(C1)N2C.Cl.Cl. The van der Waals surface area contributed by atoms with Gasteiger partial charge < -0.3 is 16.0 Å². The summed E-state index contributed by atoms with van der Waals surface area (Å²) in [5.74, 6) is 0.0297. The third-order valence-corrected chi connectivity index (χ3v) is 4.89. The molecule has 0 aromatic heterocycles. The Hall–Kier alpha value is -0.0300. The van der Waals surface area contributed by atoms with Crippen molar-refractivity contribution in [2.24, 2.45) is 11.7 Å². The van der Waals surface area contributed by atoms with Gasteiger partial charge in [-0.25, -0.2) is 0 Å². The van der Waals surface area contributed by atoms with Crippen LogP contribution in [0.25, 0.3) is 0 Å². The van der Waals surface area contributed by atoms with Gasteiger partial charge in [0.2, 0.25) is 5.91 Å². The lowest BCUT2D eigenvalue weighted by Gasteiger charge is -2.47. The lowest BCUT2D eigenvalue weighted by atomic mass is 9.82. The number of hydrogen-bond acceptors (Lipinski definition) is 3. The minimum Gasteiger partial charge on any atom is -0.353 e. The molecule has 0 saturated carbocycles. The molecular weight excluding hydrogens is 297 g/mol. The Morgan fingerprint density at radius 3 is 2.15 bits per heavy atom. The summed E-state index contributed by atoms with van der Waals surface area (Å²) in [4.78, 5) is 14.6. The molecule has 3 N–H and O–H groups in total. The highest BCUT2D eigenvalue weighted by molar-refractivity contribution is 5.85. The first-order valence-electron chi connectivity index (χ1n) is 7.27. The lowest BCUT2D eigenvalue weighted by Crippen LogP contribution is -2.56. The van der Waals surface area contributed by atoms with E-state index in [0.717, 1.165) is 12.8 Å². The molecule has 20 heavy (non-hydrogen) atoms. The molecule has 2 heterocycles. The van der Waals surface area contributed by atoms with Crippen molar-refractivity contribution in [3.63, 3.8) is 0 Å². The summed E-state index contributed by atoms with van der Waals surface area (Å²) in [5, 5.41) is 3.20. The summed E-state index contributed by atoms with van der Waals surface area (Å²) >= 11 is 0. The molecule has 2 bridgehead atoms. The minimum atomic E-state index is -0.0931. The Kier molecular flexibility index (Phi) is 8.41. The summed E-state index contributed by atoms with van der Waals surface area (Å²) in [6.45, 7) is 3.81. The number of amides is 1. The Labute approximate surface area is 135 Å². The van der Waals surface area contributed by atoms with Crippen LogP contribution in [-0.2, 0) is 4.79 Å². The van der Waals surface area contributed by atoms with E-state index in [9.17, 15) is 4.79 Å². The van der Waals surface area contributed by atoms with E-state index in [0.29, 0.717) is 18.1 Å². The molecule has 0 aromatic carbocycles. The number of nitrogens with one attached hydrogen (secondary N) is 1. The van der Waals surface area contributed by atoms with Gasteiger partial charge in [0, 0.05) is 30.1 Å². The lowest BCUT2D eigenvalue weighted by molar-refractivity contribution is -0.126. The maximum atomic E-state index is 12.0. The zero-order valence-corrected chi connectivity index (χ0v) is 14.3. The molecule has 2 rings (SSSR count). The standard InChI is InChI=1S/C14H27N3O.2ClH/c1-9(10(2)15)14(18)16-11-7-12-5-4-6-13(8-11)17(12)3;;/h9-13H,4-8,15H2,1-3H3,(H,16,18);2*1H. The fourth-order valence-electron chi connectivity index (χ4n) is 3.31. The monoisotopic (exact) mass is 325 g/mol. The van der Waals surface area contributed by atoms with Gasteiger partial charge in [0.05, 0.1) is 0 Å². The van der Waals surface area contributed by atoms with E-state index >= 15 is 0 Å². The van der Waals surface area contributed by atoms with Gasteiger partial charge in [-0.1, -0.05) is 13.3 Å². The Balaban J connectivity index is 0.00000180. The second-order valence-electron chi connectivity index (χ2n) is 6.23. The van der Waals surface area contributed by atoms with Crippen molar-refractivity contribution in [3.8, 4) is 0 Å². The fourth-order valence-corrected chi connectivity index (χ4v) is 3.31. The van der Waals surface area contributed by atoms with E-state index in [4.69, 9.17) is 5.73 Å². The molecule has 0 aromatic rings. The maximum absolute atomic E-state index is 12.0. The smallest absolute Gasteiger partial charge is 0.224 e. The van der Waals surface area contributed by atoms with Crippen LogP contribution in [0.15, 0.2) is 0 Å². The number of carbonyl (C=O) groups is 1. The van der Waals surface area contributed by atoms with Crippen LogP contribution in [0, 0.1) is 5.92 Å². The van der Waals surface area contributed by atoms with Crippen molar-refractivity contribution in [1.29, 1.82) is 0 Å². The minimum absolute atomic E-state index is 0. The van der Waals surface area contributed by atoms with E-state index in [1.807, 2.05) is 13.8 Å². The van der Waals surface area contributed by atoms with Gasteiger partial charge >= 0.3 is 0 Å². The summed E-state index contributed by atoms with van der Waals surface area (Å²) in [7, 11) is 2.23. The van der Waals surface area contributed by atoms with Crippen LogP contribution >= 0.6 is 24.8 Å². The van der Waals surface area contributed by atoms with Gasteiger partial charge in [-0.3, -0.25) is 4.79 Å². The van der Waals surface area contributed by atoms with Crippen LogP contribution in [0.4, 0.5) is 0 Å². The predicted octanol–water partition coefficient (Wildman–Crippen LogP) is 1.94. The number of carbonyl (C=O) groups excluding carboxylic acids is 1. The van der Waals surface area contributed by atoms with Gasteiger partial charge in [-0.05, 0) is 39.7 Å². The number of nitrogens with zero attached hydrogens (tertiary/aromatic N) is 1. The first-order valence-corrected chi connectivity index (χ1v) is 7.27. The maximum Gasteiger partial charge on any atom is 0.224 e. The number of halogens is 2. The van der Waals surface area contributed by atoms with E-state index in [1.165, 1.54) is 19.3 Å². The molecule has 2 aliphatic rings. The van der Waals surface area contributed by atoms with Crippen LogP contribution in [0.3, 0.4) is 0 Å². The summed E-state index contributed by atoms with van der Waals surface area (Å²) in [5.41, 5.74) is 5.79. The van der Waals surface area contributed by atoms with Crippen molar-refractivity contribution < 1.29 is 4.79 Å². The zero-order valence-electron chi connectivity index (χ0n) is 12.7. The molecule has 2 aliphatic heterocycles. The summed E-state index contributed by atoms with van der Waals surface area (Å²) in [6.07, 6.45) is 6.11. The van der Waals surface area contributed by atoms with Crippen molar-refractivity contribution >= 4 is 30.7 Å². The van der Waals surface area contributed by atoms with E-state index < -0.39 is 0 Å². The Bertz CT molecular complexity index is 301. The molecule has 1 amide bonds. The average Bonchev–Trinajstić information content (AvgIpc) is 2.29. The number of fused-ring (bicyclic) bond motifs is 2. The second kappa shape index (κ2) is 8.42. The van der Waals surface area contributed by atoms with Crippen LogP contribution < -0.4 is 11.1 Å². The van der Waals surface area contributed by atoms with Crippen molar-refractivity contribution in [2.75, 3.05) is 7.05 Å². The Morgan fingerprint density at radius 2 is 1.70 bits per heavy atom. The van der Waals surface area contributed by atoms with Crippen LogP contribution in [0.2, 0.25) is 0 Å². The number of nitrogens with two attached hydrogens (primary N) is 1. The average molecular weight is 326 g/mol. The van der Waals surface area contributed by atoms with Crippen LogP contribution in [-0.4, -0.2) is 42.0 Å². The fraction of sp³-hybridized carbons (Fsp3) is 0.929. The first-order chi connectivity index (χ1) is 8.49. The van der Waals surface area contributed by atoms with Gasteiger partial charge in [0.1, 0.15) is 0 Å². The normalized spacial score (nSPS) is 32.3. The summed E-state index contributed by atoms with van der Waals surface area (Å²) in [6, 6.07) is 1.60. The molecule has 4 unspecified atom stereocenters. The topological polar surface area (TPSA) is 58.4 Å².